The van der Waals surface area contributed by atoms with Crippen molar-refractivity contribution in [3.63, 3.8) is 0 Å². The second-order valence-corrected chi connectivity index (χ2v) is 6.70. The third-order valence-corrected chi connectivity index (χ3v) is 4.39. The van der Waals surface area contributed by atoms with Crippen LogP contribution in [0.25, 0.3) is 0 Å². The van der Waals surface area contributed by atoms with Gasteiger partial charge in [-0.3, -0.25) is 9.59 Å². The molecule has 26 heavy (non-hydrogen) atoms. The van der Waals surface area contributed by atoms with Gasteiger partial charge in [0.1, 0.15) is 11.5 Å². The Labute approximate surface area is 155 Å². The van der Waals surface area contributed by atoms with Crippen LogP contribution in [0.4, 0.5) is 11.5 Å². The van der Waals surface area contributed by atoms with Crippen molar-refractivity contribution in [2.24, 2.45) is 7.05 Å². The van der Waals surface area contributed by atoms with E-state index in [-0.39, 0.29) is 34.4 Å². The molecule has 1 saturated heterocycles. The summed E-state index contributed by atoms with van der Waals surface area (Å²) in [5.41, 5.74) is 0.415. The Kier molecular flexibility index (Phi) is 5.24. The summed E-state index contributed by atoms with van der Waals surface area (Å²) in [6.45, 7) is 4.96. The Balaban J connectivity index is 1.79. The van der Waals surface area contributed by atoms with E-state index in [9.17, 15) is 9.59 Å². The first-order valence-electron chi connectivity index (χ1n) is 8.24. The normalized spacial score (nSPS) is 20.1. The number of nitrogens with zero attached hydrogens (tertiary/aromatic N) is 4. The largest absolute Gasteiger partial charge is 0.377 e. The number of aromatic nitrogens is 3. The quantitative estimate of drug-likeness (QED) is 0.877. The van der Waals surface area contributed by atoms with Crippen LogP contribution >= 0.6 is 11.6 Å². The van der Waals surface area contributed by atoms with Crippen molar-refractivity contribution in [2.45, 2.75) is 25.9 Å². The lowest BCUT2D eigenvalue weighted by Gasteiger charge is -2.38. The Morgan fingerprint density at radius 3 is 2.62 bits per heavy atom. The van der Waals surface area contributed by atoms with E-state index < -0.39 is 0 Å². The minimum Gasteiger partial charge on any atom is -0.377 e. The second-order valence-electron chi connectivity index (χ2n) is 6.31. The van der Waals surface area contributed by atoms with Crippen LogP contribution in [0.15, 0.2) is 29.2 Å². The number of amides is 1. The predicted octanol–water partition coefficient (Wildman–Crippen LogP) is 1.82. The summed E-state index contributed by atoms with van der Waals surface area (Å²) >= 11 is 5.88. The number of nitrogens with one attached hydrogen (secondary N) is 1. The highest BCUT2D eigenvalue weighted by molar-refractivity contribution is 6.29. The molecule has 1 fully saturated rings. The molecule has 0 radical (unpaired) electrons. The Morgan fingerprint density at radius 1 is 1.31 bits per heavy atom. The number of carbonyl (C=O) groups is 1. The van der Waals surface area contributed by atoms with Gasteiger partial charge in [-0.2, -0.15) is 5.10 Å². The topological polar surface area (TPSA) is 89.4 Å². The number of morpholine rings is 1. The number of aryl methyl sites for hydroxylation is 1. The van der Waals surface area contributed by atoms with E-state index in [1.807, 2.05) is 18.7 Å². The minimum absolute atomic E-state index is 0.00559. The van der Waals surface area contributed by atoms with Gasteiger partial charge < -0.3 is 15.0 Å². The van der Waals surface area contributed by atoms with Gasteiger partial charge in [-0.05, 0) is 26.0 Å². The van der Waals surface area contributed by atoms with Crippen molar-refractivity contribution < 1.29 is 9.53 Å². The second kappa shape index (κ2) is 7.43. The van der Waals surface area contributed by atoms with E-state index in [4.69, 9.17) is 16.3 Å². The molecular weight excluding hydrogens is 358 g/mol. The number of carbonyl (C=O) groups excluding carboxylic acids is 1. The maximum atomic E-state index is 12.8. The van der Waals surface area contributed by atoms with E-state index >= 15 is 0 Å². The molecule has 1 aliphatic rings. The third-order valence-electron chi connectivity index (χ3n) is 4.21. The molecule has 2 aromatic rings. The molecule has 2 atom stereocenters. The van der Waals surface area contributed by atoms with E-state index in [0.29, 0.717) is 24.6 Å². The van der Waals surface area contributed by atoms with Crippen LogP contribution in [0.1, 0.15) is 24.2 Å². The molecule has 8 nitrogen and oxygen atoms in total. The van der Waals surface area contributed by atoms with Gasteiger partial charge in [-0.25, -0.2) is 9.67 Å². The van der Waals surface area contributed by atoms with Crippen LogP contribution in [0.3, 0.4) is 0 Å². The van der Waals surface area contributed by atoms with Gasteiger partial charge in [0.2, 0.25) is 0 Å². The van der Waals surface area contributed by atoms with Gasteiger partial charge in [0.15, 0.2) is 5.15 Å². The third kappa shape index (κ3) is 3.71. The molecular formula is C17H20ClN5O3. The average Bonchev–Trinajstić information content (AvgIpc) is 2.59. The van der Waals surface area contributed by atoms with Crippen LogP contribution in [0.2, 0.25) is 5.15 Å². The van der Waals surface area contributed by atoms with Crippen LogP contribution in [0.5, 0.6) is 0 Å². The number of rotatable bonds is 3. The van der Waals surface area contributed by atoms with Crippen LogP contribution in [0, 0.1) is 0 Å². The standard InChI is InChI=1S/C17H20ClN5O3/c1-10-8-26-9-11(2)23(10)16(24)12-4-5-15(19-7-12)20-13-6-14(18)21-22(3)17(13)25/h4-7,10-11H,8-9H2,1-3H3,(H,19,20)/t10-,11-/m0/s1. The number of halogens is 1. The fraction of sp³-hybridized carbons (Fsp3) is 0.412. The lowest BCUT2D eigenvalue weighted by molar-refractivity contribution is -0.0249. The lowest BCUT2D eigenvalue weighted by Crippen LogP contribution is -2.52. The number of anilines is 2. The fourth-order valence-electron chi connectivity index (χ4n) is 2.95. The summed E-state index contributed by atoms with van der Waals surface area (Å²) < 4.78 is 6.60. The molecule has 1 N–H and O–H groups in total. The molecule has 3 heterocycles. The van der Waals surface area contributed by atoms with Crippen LogP contribution < -0.4 is 10.9 Å². The van der Waals surface area contributed by atoms with Crippen LogP contribution in [-0.2, 0) is 11.8 Å². The highest BCUT2D eigenvalue weighted by Crippen LogP contribution is 2.19. The Bertz CT molecular complexity index is 858. The van der Waals surface area contributed by atoms with Crippen molar-refractivity contribution in [3.05, 3.63) is 45.5 Å². The molecule has 0 bridgehead atoms. The molecule has 0 aromatic carbocycles. The summed E-state index contributed by atoms with van der Waals surface area (Å²) in [4.78, 5) is 30.9. The first kappa shape index (κ1) is 18.3. The maximum absolute atomic E-state index is 12.8. The Hall–Kier alpha value is -2.45. The van der Waals surface area contributed by atoms with Gasteiger partial charge >= 0.3 is 0 Å². The maximum Gasteiger partial charge on any atom is 0.290 e. The molecule has 0 unspecified atom stereocenters. The summed E-state index contributed by atoms with van der Waals surface area (Å²) in [6.07, 6.45) is 1.49. The molecule has 2 aromatic heterocycles. The van der Waals surface area contributed by atoms with E-state index in [1.54, 1.807) is 12.1 Å². The zero-order valence-corrected chi connectivity index (χ0v) is 15.5. The SMILES string of the molecule is C[C@H]1COC[C@H](C)N1C(=O)c1ccc(Nc2cc(Cl)nn(C)c2=O)nc1. The van der Waals surface area contributed by atoms with Gasteiger partial charge in [0.25, 0.3) is 11.5 Å². The summed E-state index contributed by atoms with van der Waals surface area (Å²) in [6, 6.07) is 4.77. The number of hydrogen-bond acceptors (Lipinski definition) is 6. The fourth-order valence-corrected chi connectivity index (χ4v) is 3.17. The van der Waals surface area contributed by atoms with Gasteiger partial charge in [0, 0.05) is 19.3 Å². The zero-order valence-electron chi connectivity index (χ0n) is 14.8. The lowest BCUT2D eigenvalue weighted by atomic mass is 10.1. The van der Waals surface area contributed by atoms with Crippen molar-refractivity contribution in [3.8, 4) is 0 Å². The monoisotopic (exact) mass is 377 g/mol. The molecule has 0 saturated carbocycles. The van der Waals surface area contributed by atoms with Crippen LogP contribution in [-0.4, -0.2) is 50.9 Å². The highest BCUT2D eigenvalue weighted by atomic mass is 35.5. The van der Waals surface area contributed by atoms with E-state index in [0.717, 1.165) is 4.68 Å². The molecule has 1 aliphatic heterocycles. The summed E-state index contributed by atoms with van der Waals surface area (Å²) in [7, 11) is 1.51. The molecule has 9 heteroatoms. The molecule has 3 rings (SSSR count). The first-order chi connectivity index (χ1) is 12.4. The van der Waals surface area contributed by atoms with Crippen molar-refractivity contribution >= 4 is 29.0 Å². The number of ether oxygens (including phenoxy) is 1. The molecule has 1 amide bonds. The summed E-state index contributed by atoms with van der Waals surface area (Å²) in [5.74, 6) is 0.346. The molecule has 138 valence electrons. The minimum atomic E-state index is -0.327. The van der Waals surface area contributed by atoms with Gasteiger partial charge in [-0.1, -0.05) is 11.6 Å². The highest BCUT2D eigenvalue weighted by Gasteiger charge is 2.30. The molecule has 0 aliphatic carbocycles. The first-order valence-corrected chi connectivity index (χ1v) is 8.62. The van der Waals surface area contributed by atoms with Crippen molar-refractivity contribution in [1.29, 1.82) is 0 Å². The molecule has 0 spiro atoms. The smallest absolute Gasteiger partial charge is 0.290 e. The zero-order chi connectivity index (χ0) is 18.8. The van der Waals surface area contributed by atoms with Crippen molar-refractivity contribution in [1.82, 2.24) is 19.7 Å². The van der Waals surface area contributed by atoms with Crippen molar-refractivity contribution in [2.75, 3.05) is 18.5 Å². The number of pyridine rings is 1. The predicted molar refractivity (Wildman–Crippen MR) is 97.9 cm³/mol. The number of hydrogen-bond donors (Lipinski definition) is 1. The van der Waals surface area contributed by atoms with Gasteiger partial charge in [0.05, 0.1) is 30.9 Å². The summed E-state index contributed by atoms with van der Waals surface area (Å²) in [5, 5.41) is 6.92. The average molecular weight is 378 g/mol. The van der Waals surface area contributed by atoms with E-state index in [2.05, 4.69) is 15.4 Å². The Morgan fingerprint density at radius 2 is 2.00 bits per heavy atom. The van der Waals surface area contributed by atoms with E-state index in [1.165, 1.54) is 19.3 Å². The van der Waals surface area contributed by atoms with Gasteiger partial charge in [-0.15, -0.1) is 0 Å².